The first-order chi connectivity index (χ1) is 10.9. The average molecular weight is 295 g/mol. The molecule has 0 spiro atoms. The van der Waals surface area contributed by atoms with Crippen LogP contribution in [0, 0.1) is 0 Å². The highest BCUT2D eigenvalue weighted by Crippen LogP contribution is 2.27. The topological polar surface area (TPSA) is 75.7 Å². The fraction of sp³-hybridized carbons (Fsp3) is 0.188. The van der Waals surface area contributed by atoms with Gasteiger partial charge in [0.25, 0.3) is 0 Å². The van der Waals surface area contributed by atoms with Crippen molar-refractivity contribution in [2.75, 3.05) is 19.0 Å². The minimum Gasteiger partial charge on any atom is -0.497 e. The van der Waals surface area contributed by atoms with Crippen LogP contribution in [0.5, 0.6) is 5.75 Å². The highest BCUT2D eigenvalue weighted by Gasteiger charge is 2.07. The number of nitrogens with zero attached hydrogens (tertiary/aromatic N) is 3. The standard InChI is InChI=1S/C16H17N5O/c1-22-14-4-2-3-12(7-14)15-9-18-11-21-16(15)19-6-5-13-8-17-10-20-13/h2-4,7-11H,5-6H2,1H3,(H,17,20)(H,18,19,21). The Labute approximate surface area is 128 Å². The third-order valence-electron chi connectivity index (χ3n) is 3.33. The number of rotatable bonds is 6. The Balaban J connectivity index is 1.77. The summed E-state index contributed by atoms with van der Waals surface area (Å²) >= 11 is 0. The van der Waals surface area contributed by atoms with Crippen LogP contribution in [-0.2, 0) is 6.42 Å². The van der Waals surface area contributed by atoms with Crippen LogP contribution in [0.1, 0.15) is 5.69 Å². The van der Waals surface area contributed by atoms with Gasteiger partial charge in [0.15, 0.2) is 0 Å². The number of hydrogen-bond acceptors (Lipinski definition) is 5. The van der Waals surface area contributed by atoms with E-state index in [9.17, 15) is 0 Å². The van der Waals surface area contributed by atoms with E-state index >= 15 is 0 Å². The van der Waals surface area contributed by atoms with E-state index < -0.39 is 0 Å². The van der Waals surface area contributed by atoms with Crippen LogP contribution in [0.15, 0.2) is 49.3 Å². The second kappa shape index (κ2) is 6.71. The van der Waals surface area contributed by atoms with Crippen molar-refractivity contribution in [2.45, 2.75) is 6.42 Å². The second-order valence-corrected chi connectivity index (χ2v) is 4.77. The van der Waals surface area contributed by atoms with E-state index in [4.69, 9.17) is 4.74 Å². The Morgan fingerprint density at radius 3 is 3.00 bits per heavy atom. The van der Waals surface area contributed by atoms with E-state index in [1.807, 2.05) is 30.5 Å². The summed E-state index contributed by atoms with van der Waals surface area (Å²) in [6.45, 7) is 0.760. The first-order valence-electron chi connectivity index (χ1n) is 7.02. The first kappa shape index (κ1) is 14.1. The van der Waals surface area contributed by atoms with E-state index in [2.05, 4.69) is 25.3 Å². The average Bonchev–Trinajstić information content (AvgIpc) is 3.09. The normalized spacial score (nSPS) is 10.4. The van der Waals surface area contributed by atoms with Crippen molar-refractivity contribution < 1.29 is 4.74 Å². The molecule has 0 aliphatic heterocycles. The van der Waals surface area contributed by atoms with E-state index in [1.165, 1.54) is 0 Å². The van der Waals surface area contributed by atoms with Crippen molar-refractivity contribution in [3.8, 4) is 16.9 Å². The fourth-order valence-corrected chi connectivity index (χ4v) is 2.21. The molecule has 0 saturated carbocycles. The molecule has 6 heteroatoms. The maximum absolute atomic E-state index is 5.27. The molecule has 2 aromatic heterocycles. The van der Waals surface area contributed by atoms with Gasteiger partial charge in [-0.05, 0) is 17.7 Å². The third kappa shape index (κ3) is 3.22. The lowest BCUT2D eigenvalue weighted by atomic mass is 10.1. The Kier molecular flexibility index (Phi) is 4.29. The number of ether oxygens (including phenoxy) is 1. The number of methoxy groups -OCH3 is 1. The molecule has 0 radical (unpaired) electrons. The van der Waals surface area contributed by atoms with Gasteiger partial charge in [0.1, 0.15) is 17.9 Å². The van der Waals surface area contributed by atoms with E-state index in [-0.39, 0.29) is 0 Å². The zero-order valence-electron chi connectivity index (χ0n) is 12.3. The Hall–Kier alpha value is -2.89. The number of imidazole rings is 1. The molecule has 1 aromatic carbocycles. The van der Waals surface area contributed by atoms with Gasteiger partial charge < -0.3 is 15.0 Å². The smallest absolute Gasteiger partial charge is 0.137 e. The van der Waals surface area contributed by atoms with Gasteiger partial charge >= 0.3 is 0 Å². The van der Waals surface area contributed by atoms with Gasteiger partial charge in [-0.25, -0.2) is 15.0 Å². The number of H-pyrrole nitrogens is 1. The summed E-state index contributed by atoms with van der Waals surface area (Å²) in [6.07, 6.45) is 7.70. The molecule has 0 amide bonds. The van der Waals surface area contributed by atoms with Crippen molar-refractivity contribution in [1.82, 2.24) is 19.9 Å². The summed E-state index contributed by atoms with van der Waals surface area (Å²) in [7, 11) is 1.66. The number of anilines is 1. The van der Waals surface area contributed by atoms with Gasteiger partial charge in [-0.2, -0.15) is 0 Å². The van der Waals surface area contributed by atoms with E-state index in [0.717, 1.165) is 41.4 Å². The van der Waals surface area contributed by atoms with Crippen molar-refractivity contribution in [3.63, 3.8) is 0 Å². The van der Waals surface area contributed by atoms with E-state index in [0.29, 0.717) is 0 Å². The number of aromatic nitrogens is 4. The minimum absolute atomic E-state index is 0.760. The molecule has 6 nitrogen and oxygen atoms in total. The molecular formula is C16H17N5O. The maximum Gasteiger partial charge on any atom is 0.137 e. The summed E-state index contributed by atoms with van der Waals surface area (Å²) in [5, 5.41) is 3.35. The summed E-state index contributed by atoms with van der Waals surface area (Å²) in [5.41, 5.74) is 3.06. The summed E-state index contributed by atoms with van der Waals surface area (Å²) in [4.78, 5) is 15.6. The van der Waals surface area contributed by atoms with Gasteiger partial charge in [0, 0.05) is 36.6 Å². The molecule has 0 bridgehead atoms. The molecule has 3 aromatic rings. The lowest BCUT2D eigenvalue weighted by Crippen LogP contribution is -2.08. The summed E-state index contributed by atoms with van der Waals surface area (Å²) < 4.78 is 5.27. The van der Waals surface area contributed by atoms with Crippen LogP contribution in [0.4, 0.5) is 5.82 Å². The van der Waals surface area contributed by atoms with Crippen LogP contribution < -0.4 is 10.1 Å². The van der Waals surface area contributed by atoms with Gasteiger partial charge in [-0.3, -0.25) is 0 Å². The summed E-state index contributed by atoms with van der Waals surface area (Å²) in [6, 6.07) is 7.86. The highest BCUT2D eigenvalue weighted by atomic mass is 16.5. The zero-order valence-corrected chi connectivity index (χ0v) is 12.3. The van der Waals surface area contributed by atoms with Crippen LogP contribution in [-0.4, -0.2) is 33.6 Å². The van der Waals surface area contributed by atoms with Crippen LogP contribution in [0.2, 0.25) is 0 Å². The predicted molar refractivity (Wildman–Crippen MR) is 84.8 cm³/mol. The molecule has 2 heterocycles. The molecule has 0 aliphatic rings. The number of benzene rings is 1. The highest BCUT2D eigenvalue weighted by molar-refractivity contribution is 5.75. The Bertz CT molecular complexity index is 727. The number of aromatic amines is 1. The van der Waals surface area contributed by atoms with Crippen molar-refractivity contribution >= 4 is 5.82 Å². The molecule has 112 valence electrons. The van der Waals surface area contributed by atoms with E-state index in [1.54, 1.807) is 26.0 Å². The lowest BCUT2D eigenvalue weighted by molar-refractivity contribution is 0.415. The molecule has 0 saturated heterocycles. The largest absolute Gasteiger partial charge is 0.497 e. The Morgan fingerprint density at radius 1 is 1.23 bits per heavy atom. The fourth-order valence-electron chi connectivity index (χ4n) is 2.21. The van der Waals surface area contributed by atoms with Crippen LogP contribution >= 0.6 is 0 Å². The minimum atomic E-state index is 0.760. The molecular weight excluding hydrogens is 278 g/mol. The number of nitrogens with one attached hydrogen (secondary N) is 2. The first-order valence-corrected chi connectivity index (χ1v) is 7.02. The number of hydrogen-bond donors (Lipinski definition) is 2. The monoisotopic (exact) mass is 295 g/mol. The van der Waals surface area contributed by atoms with Crippen LogP contribution in [0.25, 0.3) is 11.1 Å². The zero-order chi connectivity index (χ0) is 15.2. The second-order valence-electron chi connectivity index (χ2n) is 4.77. The van der Waals surface area contributed by atoms with Gasteiger partial charge in [0.05, 0.1) is 13.4 Å². The molecule has 0 unspecified atom stereocenters. The lowest BCUT2D eigenvalue weighted by Gasteiger charge is -2.11. The van der Waals surface area contributed by atoms with Gasteiger partial charge in [-0.1, -0.05) is 12.1 Å². The SMILES string of the molecule is COc1cccc(-c2cncnc2NCCc2cnc[nH]2)c1. The van der Waals surface area contributed by atoms with Crippen molar-refractivity contribution in [1.29, 1.82) is 0 Å². The molecule has 2 N–H and O–H groups in total. The maximum atomic E-state index is 5.27. The van der Waals surface area contributed by atoms with Crippen molar-refractivity contribution in [3.05, 3.63) is 55.0 Å². The molecule has 22 heavy (non-hydrogen) atoms. The Morgan fingerprint density at radius 2 is 2.18 bits per heavy atom. The van der Waals surface area contributed by atoms with Crippen molar-refractivity contribution in [2.24, 2.45) is 0 Å². The van der Waals surface area contributed by atoms with Gasteiger partial charge in [-0.15, -0.1) is 0 Å². The predicted octanol–water partition coefficient (Wildman–Crippen LogP) is 2.53. The van der Waals surface area contributed by atoms with Crippen LogP contribution in [0.3, 0.4) is 0 Å². The molecule has 0 fully saturated rings. The molecule has 0 aliphatic carbocycles. The summed E-state index contributed by atoms with van der Waals surface area (Å²) in [5.74, 6) is 1.62. The quantitative estimate of drug-likeness (QED) is 0.731. The molecule has 0 atom stereocenters. The van der Waals surface area contributed by atoms with Gasteiger partial charge in [0.2, 0.25) is 0 Å². The third-order valence-corrected chi connectivity index (χ3v) is 3.33. The molecule has 3 rings (SSSR count).